The third-order valence-electron chi connectivity index (χ3n) is 7.49. The third-order valence-corrected chi connectivity index (χ3v) is 8.37. The summed E-state index contributed by atoms with van der Waals surface area (Å²) in [5.41, 5.74) is 8.23. The quantitative estimate of drug-likeness (QED) is 0.339. The summed E-state index contributed by atoms with van der Waals surface area (Å²) < 4.78 is 16.5. The predicted molar refractivity (Wildman–Crippen MR) is 125 cm³/mol. The van der Waals surface area contributed by atoms with E-state index in [9.17, 15) is 0 Å². The molecule has 0 radical (unpaired) electrons. The molecule has 1 saturated carbocycles. The van der Waals surface area contributed by atoms with Crippen LogP contribution in [-0.4, -0.2) is 29.1 Å². The first-order valence-corrected chi connectivity index (χ1v) is 14.8. The summed E-state index contributed by atoms with van der Waals surface area (Å²) >= 11 is 0. The van der Waals surface area contributed by atoms with E-state index >= 15 is 0 Å². The lowest BCUT2D eigenvalue weighted by atomic mass is 9.54. The smallest absolute Gasteiger partial charge is 0.188 e. The van der Waals surface area contributed by atoms with Crippen molar-refractivity contribution in [1.82, 2.24) is 0 Å². The van der Waals surface area contributed by atoms with Crippen molar-refractivity contribution in [2.24, 2.45) is 17.3 Å². The summed E-state index contributed by atoms with van der Waals surface area (Å²) in [4.78, 5) is 0. The van der Waals surface area contributed by atoms with Gasteiger partial charge in [-0.1, -0.05) is 38.6 Å². The van der Waals surface area contributed by atoms with Crippen LogP contribution in [0.1, 0.15) is 49.7 Å². The zero-order chi connectivity index (χ0) is 21.5. The Kier molecular flexibility index (Phi) is 5.81. The van der Waals surface area contributed by atoms with Crippen molar-refractivity contribution >= 4 is 8.07 Å². The molecule has 3 aliphatic carbocycles. The highest BCUT2D eigenvalue weighted by molar-refractivity contribution is 6.83. The summed E-state index contributed by atoms with van der Waals surface area (Å²) in [6.45, 7) is 9.74. The van der Waals surface area contributed by atoms with Crippen molar-refractivity contribution < 1.29 is 14.2 Å². The number of ether oxygens (including phenoxy) is 3. The molecule has 4 heteroatoms. The van der Waals surface area contributed by atoms with Crippen LogP contribution in [0.2, 0.25) is 19.6 Å². The van der Waals surface area contributed by atoms with E-state index in [4.69, 9.17) is 14.2 Å². The first kappa shape index (κ1) is 21.5. The first-order chi connectivity index (χ1) is 14.3. The highest BCUT2D eigenvalue weighted by Crippen LogP contribution is 2.61. The van der Waals surface area contributed by atoms with Crippen molar-refractivity contribution in [3.8, 4) is 23.0 Å². The summed E-state index contributed by atoms with van der Waals surface area (Å²) in [6.07, 6.45) is 8.50. The molecule has 162 valence electrons. The number of benzene rings is 1. The van der Waals surface area contributed by atoms with Crippen LogP contribution in [0.25, 0.3) is 0 Å². The van der Waals surface area contributed by atoms with Crippen LogP contribution in [0.4, 0.5) is 0 Å². The lowest BCUT2D eigenvalue weighted by Gasteiger charge is -2.49. The van der Waals surface area contributed by atoms with Crippen molar-refractivity contribution in [2.75, 3.05) is 21.0 Å². The standard InChI is InChI=1S/C26H36O3Si/c1-26-13-11-20-21(23(26)10-8-19(26)12-14-30(4,5)6)9-7-18-15-25(29-17-27-2)24(28-3)16-22(18)20/h8,15-16,20-21,23H,7,9-11,13,17H2,1-6H3/t20-,21+,23-,26+/m0/s1. The monoisotopic (exact) mass is 424 g/mol. The molecule has 1 aromatic rings. The van der Waals surface area contributed by atoms with E-state index in [0.717, 1.165) is 23.8 Å². The van der Waals surface area contributed by atoms with E-state index in [0.29, 0.717) is 11.8 Å². The molecule has 30 heavy (non-hydrogen) atoms. The molecule has 1 fully saturated rings. The molecule has 0 amide bonds. The highest BCUT2D eigenvalue weighted by Gasteiger charge is 2.51. The van der Waals surface area contributed by atoms with Gasteiger partial charge in [0.15, 0.2) is 18.3 Å². The van der Waals surface area contributed by atoms with Crippen molar-refractivity contribution in [3.63, 3.8) is 0 Å². The maximum Gasteiger partial charge on any atom is 0.188 e. The Bertz CT molecular complexity index is 901. The number of hydrogen-bond acceptors (Lipinski definition) is 3. The number of allylic oxidation sites excluding steroid dienone is 2. The number of hydrogen-bond donors (Lipinski definition) is 0. The summed E-state index contributed by atoms with van der Waals surface area (Å²) in [5.74, 6) is 7.33. The topological polar surface area (TPSA) is 27.7 Å². The lowest BCUT2D eigenvalue weighted by molar-refractivity contribution is 0.0487. The second-order valence-corrected chi connectivity index (χ2v) is 15.2. The Labute approximate surface area is 183 Å². The summed E-state index contributed by atoms with van der Waals surface area (Å²) in [6, 6.07) is 4.43. The van der Waals surface area contributed by atoms with Gasteiger partial charge in [0.2, 0.25) is 0 Å². The van der Waals surface area contributed by atoms with Crippen LogP contribution in [0, 0.1) is 28.7 Å². The minimum absolute atomic E-state index is 0.245. The molecular formula is C26H36O3Si. The van der Waals surface area contributed by atoms with E-state index < -0.39 is 8.07 Å². The van der Waals surface area contributed by atoms with Gasteiger partial charge in [0.25, 0.3) is 0 Å². The third kappa shape index (κ3) is 3.83. The minimum atomic E-state index is -1.36. The average molecular weight is 425 g/mol. The van der Waals surface area contributed by atoms with E-state index in [1.54, 1.807) is 14.2 Å². The molecule has 0 aromatic heterocycles. The predicted octanol–water partition coefficient (Wildman–Crippen LogP) is 5.95. The Morgan fingerprint density at radius 3 is 2.63 bits per heavy atom. The second kappa shape index (κ2) is 8.09. The lowest BCUT2D eigenvalue weighted by Crippen LogP contribution is -2.41. The molecular weight excluding hydrogens is 388 g/mol. The zero-order valence-electron chi connectivity index (χ0n) is 19.4. The fourth-order valence-corrected chi connectivity index (χ4v) is 6.50. The van der Waals surface area contributed by atoms with E-state index in [2.05, 4.69) is 56.2 Å². The van der Waals surface area contributed by atoms with Crippen LogP contribution >= 0.6 is 0 Å². The van der Waals surface area contributed by atoms with Crippen LogP contribution in [0.15, 0.2) is 23.8 Å². The molecule has 3 nitrogen and oxygen atoms in total. The molecule has 4 atom stereocenters. The molecule has 0 unspecified atom stereocenters. The molecule has 0 saturated heterocycles. The Hall–Kier alpha value is -1.70. The molecule has 0 heterocycles. The van der Waals surface area contributed by atoms with Gasteiger partial charge in [-0.3, -0.25) is 0 Å². The molecule has 0 bridgehead atoms. The maximum atomic E-state index is 5.77. The van der Waals surface area contributed by atoms with Crippen molar-refractivity contribution in [2.45, 2.75) is 64.6 Å². The average Bonchev–Trinajstić information content (AvgIpc) is 3.05. The van der Waals surface area contributed by atoms with E-state index in [-0.39, 0.29) is 12.2 Å². The molecule has 0 aliphatic heterocycles. The van der Waals surface area contributed by atoms with Gasteiger partial charge >= 0.3 is 0 Å². The molecule has 3 aliphatic rings. The van der Waals surface area contributed by atoms with Gasteiger partial charge in [-0.05, 0) is 73.1 Å². The first-order valence-electron chi connectivity index (χ1n) is 11.3. The largest absolute Gasteiger partial charge is 0.493 e. The maximum absolute atomic E-state index is 5.77. The van der Waals surface area contributed by atoms with E-state index in [1.165, 1.54) is 42.4 Å². The summed E-state index contributed by atoms with van der Waals surface area (Å²) in [7, 11) is 2.01. The Balaban J connectivity index is 1.61. The van der Waals surface area contributed by atoms with Crippen LogP contribution in [0.5, 0.6) is 11.5 Å². The van der Waals surface area contributed by atoms with Crippen molar-refractivity contribution in [1.29, 1.82) is 0 Å². The number of aryl methyl sites for hydroxylation is 1. The van der Waals surface area contributed by atoms with Gasteiger partial charge in [-0.25, -0.2) is 0 Å². The van der Waals surface area contributed by atoms with Crippen molar-refractivity contribution in [3.05, 3.63) is 34.9 Å². The number of methoxy groups -OCH3 is 2. The van der Waals surface area contributed by atoms with Crippen LogP contribution < -0.4 is 9.47 Å². The Morgan fingerprint density at radius 1 is 1.13 bits per heavy atom. The SMILES string of the molecule is COCOc1cc2c(cc1OC)[C@H]1CC[C@]3(C)C(C#C[Si](C)(C)C)=CC[C@H]3[C@@H]1CC2. The number of fused-ring (bicyclic) bond motifs is 5. The molecule has 0 N–H and O–H groups in total. The fraction of sp³-hybridized carbons (Fsp3) is 0.615. The highest BCUT2D eigenvalue weighted by atomic mass is 28.3. The Morgan fingerprint density at radius 2 is 1.93 bits per heavy atom. The van der Waals surface area contributed by atoms with Gasteiger partial charge in [-0.2, -0.15) is 0 Å². The van der Waals surface area contributed by atoms with Gasteiger partial charge in [-0.15, -0.1) is 5.54 Å². The fourth-order valence-electron chi connectivity index (χ4n) is 5.99. The normalized spacial score (nSPS) is 29.7. The molecule has 4 rings (SSSR count). The van der Waals surface area contributed by atoms with Crippen LogP contribution in [0.3, 0.4) is 0 Å². The number of rotatable bonds is 4. The minimum Gasteiger partial charge on any atom is -0.493 e. The molecule has 1 aromatic carbocycles. The van der Waals surface area contributed by atoms with Crippen LogP contribution in [-0.2, 0) is 11.2 Å². The molecule has 0 spiro atoms. The summed E-state index contributed by atoms with van der Waals surface area (Å²) in [5, 5.41) is 0. The zero-order valence-corrected chi connectivity index (χ0v) is 20.4. The van der Waals surface area contributed by atoms with Gasteiger partial charge in [0, 0.05) is 18.1 Å². The van der Waals surface area contributed by atoms with Gasteiger partial charge in [0.05, 0.1) is 7.11 Å². The van der Waals surface area contributed by atoms with Gasteiger partial charge < -0.3 is 14.2 Å². The van der Waals surface area contributed by atoms with Gasteiger partial charge in [0.1, 0.15) is 8.07 Å². The second-order valence-electron chi connectivity index (χ2n) is 10.5. The van der Waals surface area contributed by atoms with E-state index in [1.807, 2.05) is 0 Å².